The number of hydrogen-bond acceptors (Lipinski definition) is 14. The Morgan fingerprint density at radius 2 is 0.895 bits per heavy atom. The molecule has 38 heavy (non-hydrogen) atoms. The van der Waals surface area contributed by atoms with Crippen LogP contribution >= 0.6 is 141 Å². The van der Waals surface area contributed by atoms with Crippen molar-refractivity contribution >= 4 is 153 Å². The van der Waals surface area contributed by atoms with Crippen LogP contribution in [0.25, 0.3) is 12.2 Å². The van der Waals surface area contributed by atoms with Crippen LogP contribution in [0.5, 0.6) is 0 Å². The molecule has 4 aliphatic heterocycles. The van der Waals surface area contributed by atoms with E-state index in [1.807, 2.05) is 57.9 Å². The largest absolute Gasteiger partial charge is 0.316 e. The Morgan fingerprint density at radius 1 is 0.553 bits per heavy atom. The summed E-state index contributed by atoms with van der Waals surface area (Å²) >= 11 is 20.9. The molecule has 4 nitrogen and oxygen atoms in total. The maximum Gasteiger partial charge on any atom is 0.272 e. The van der Waals surface area contributed by atoms with Crippen LogP contribution < -0.4 is 21.8 Å². The van der Waals surface area contributed by atoms with Gasteiger partial charge >= 0.3 is 0 Å². The van der Waals surface area contributed by atoms with Gasteiger partial charge in [0.15, 0.2) is 0 Å². The average Bonchev–Trinajstić information content (AvgIpc) is 3.71. The van der Waals surface area contributed by atoms with Crippen LogP contribution in [-0.2, 0) is 0 Å². The molecule has 0 atom stereocenters. The first-order valence-electron chi connectivity index (χ1n) is 10.4. The SMILES string of the molecule is CSC1=C(SC)SC(=C2SC=C(/C=c3/[nH]c(=O)/c(=C\C4=CSC(=C5SC(SC)=C(SC)S5)S4)[nH]c3=O)S2)S1. The van der Waals surface area contributed by atoms with Crippen molar-refractivity contribution in [3.63, 3.8) is 0 Å². The normalized spacial score (nSPS) is 21.2. The fourth-order valence-corrected chi connectivity index (χ4v) is 18.1. The van der Waals surface area contributed by atoms with Gasteiger partial charge in [-0.05, 0) is 48.0 Å². The summed E-state index contributed by atoms with van der Waals surface area (Å²) in [4.78, 5) is 33.2. The van der Waals surface area contributed by atoms with E-state index in [0.29, 0.717) is 0 Å². The lowest BCUT2D eigenvalue weighted by atomic mass is 10.4. The Labute approximate surface area is 271 Å². The summed E-state index contributed by atoms with van der Waals surface area (Å²) in [6, 6.07) is 0. The van der Waals surface area contributed by atoms with E-state index < -0.39 is 0 Å². The van der Waals surface area contributed by atoms with E-state index in [2.05, 4.69) is 35.0 Å². The third-order valence-corrected chi connectivity index (χ3v) is 20.9. The predicted molar refractivity (Wildman–Crippen MR) is 195 cm³/mol. The number of aromatic nitrogens is 2. The Morgan fingerprint density at radius 3 is 1.21 bits per heavy atom. The zero-order valence-electron chi connectivity index (χ0n) is 20.0. The maximum atomic E-state index is 12.9. The van der Waals surface area contributed by atoms with Gasteiger partial charge in [0.05, 0.1) is 33.9 Å². The van der Waals surface area contributed by atoms with Crippen molar-refractivity contribution in [1.82, 2.24) is 9.97 Å². The fraction of sp³-hybridized carbons (Fsp3) is 0.182. The molecule has 5 heterocycles. The van der Waals surface area contributed by atoms with Crippen molar-refractivity contribution in [3.8, 4) is 0 Å². The van der Waals surface area contributed by atoms with Crippen LogP contribution in [-0.4, -0.2) is 35.0 Å². The second-order valence-electron chi connectivity index (χ2n) is 7.03. The van der Waals surface area contributed by atoms with E-state index in [4.69, 9.17) is 0 Å². The third kappa shape index (κ3) is 6.99. The number of allylic oxidation sites excluding steroid dienone is 2. The minimum absolute atomic E-state index is 0.265. The Hall–Kier alpha value is 1.06. The highest BCUT2D eigenvalue weighted by Gasteiger charge is 2.27. The number of nitrogens with one attached hydrogen (secondary N) is 2. The van der Waals surface area contributed by atoms with Crippen molar-refractivity contribution in [2.45, 2.75) is 0 Å². The monoisotopic (exact) mass is 726 g/mol. The molecule has 0 fully saturated rings. The number of rotatable bonds is 6. The molecule has 5 rings (SSSR count). The maximum absolute atomic E-state index is 12.9. The molecule has 1 aromatic rings. The molecule has 0 aliphatic carbocycles. The molecule has 4 aliphatic rings. The van der Waals surface area contributed by atoms with E-state index >= 15 is 0 Å². The van der Waals surface area contributed by atoms with Crippen LogP contribution in [0.4, 0.5) is 0 Å². The van der Waals surface area contributed by atoms with Gasteiger partial charge in [0, 0.05) is 9.81 Å². The first-order chi connectivity index (χ1) is 18.4. The topological polar surface area (TPSA) is 65.7 Å². The molecule has 0 aromatic carbocycles. The van der Waals surface area contributed by atoms with E-state index in [1.54, 1.807) is 106 Å². The van der Waals surface area contributed by atoms with Crippen LogP contribution in [0.3, 0.4) is 0 Å². The summed E-state index contributed by atoms with van der Waals surface area (Å²) in [5.74, 6) is 0. The van der Waals surface area contributed by atoms with Gasteiger partial charge in [0.2, 0.25) is 0 Å². The lowest BCUT2D eigenvalue weighted by Crippen LogP contribution is -2.46. The van der Waals surface area contributed by atoms with Gasteiger partial charge in [-0.15, -0.1) is 47.0 Å². The van der Waals surface area contributed by atoms with Gasteiger partial charge in [0.1, 0.15) is 10.7 Å². The number of H-pyrrole nitrogens is 2. The highest BCUT2D eigenvalue weighted by molar-refractivity contribution is 8.43. The summed E-state index contributed by atoms with van der Waals surface area (Å²) in [5, 5.41) is 4.60. The van der Waals surface area contributed by atoms with E-state index in [0.717, 1.165) is 9.81 Å². The van der Waals surface area contributed by atoms with Crippen molar-refractivity contribution in [2.24, 2.45) is 0 Å². The second kappa shape index (κ2) is 14.0. The number of thioether (sulfide) groups is 12. The van der Waals surface area contributed by atoms with Crippen molar-refractivity contribution in [2.75, 3.05) is 25.0 Å². The zero-order chi connectivity index (χ0) is 26.8. The molecule has 0 amide bonds. The summed E-state index contributed by atoms with van der Waals surface area (Å²) in [7, 11) is 0. The smallest absolute Gasteiger partial charge is 0.272 e. The molecule has 200 valence electrons. The highest BCUT2D eigenvalue weighted by atomic mass is 32.3. The van der Waals surface area contributed by atoms with Crippen LogP contribution in [0.2, 0.25) is 0 Å². The molecular weight excluding hydrogens is 709 g/mol. The summed E-state index contributed by atoms with van der Waals surface area (Å²) in [6.07, 6.45) is 11.9. The van der Waals surface area contributed by atoms with Gasteiger partial charge in [-0.1, -0.05) is 94.1 Å². The molecule has 1 aromatic heterocycles. The highest BCUT2D eigenvalue weighted by Crippen LogP contribution is 2.63. The quantitative estimate of drug-likeness (QED) is 0.296. The Bertz CT molecular complexity index is 1450. The lowest BCUT2D eigenvalue weighted by Gasteiger charge is -2.01. The third-order valence-electron chi connectivity index (χ3n) is 4.69. The van der Waals surface area contributed by atoms with Crippen LogP contribution in [0.15, 0.2) is 64.1 Å². The van der Waals surface area contributed by atoms with Crippen LogP contribution in [0.1, 0.15) is 0 Å². The second-order valence-corrected chi connectivity index (χ2v) is 20.4. The average molecular weight is 727 g/mol. The minimum Gasteiger partial charge on any atom is -0.316 e. The molecule has 0 radical (unpaired) electrons. The number of aromatic amines is 2. The minimum atomic E-state index is -0.306. The van der Waals surface area contributed by atoms with E-state index in [1.165, 1.54) is 33.9 Å². The fourth-order valence-electron chi connectivity index (χ4n) is 3.03. The predicted octanol–water partition coefficient (Wildman–Crippen LogP) is 8.19. The summed E-state index contributed by atoms with van der Waals surface area (Å²) < 4.78 is 10.3. The zero-order valence-corrected chi connectivity index (χ0v) is 29.8. The molecular formula is C22H18N2O2S12. The molecule has 0 saturated carbocycles. The first-order valence-corrected chi connectivity index (χ1v) is 22.0. The lowest BCUT2D eigenvalue weighted by molar-refractivity contribution is 1.00. The standard InChI is InChI=1S/C22H18N2O2S12/c1-27-15-16(28-2)36-21(35-15)19-31-7-9(33-19)5-11-13(25)24-12(14(26)23-11)6-10-8-32-20(34-10)22-37-17(29-3)18(30-4)38-22/h5-8H,1-4H3,(H,23,26)(H,24,25)/b11-5+,12-6+. The molecule has 16 heteroatoms. The Kier molecular flexibility index (Phi) is 11.3. The van der Waals surface area contributed by atoms with Gasteiger partial charge in [-0.2, -0.15) is 0 Å². The molecule has 0 bridgehead atoms. The van der Waals surface area contributed by atoms with Gasteiger partial charge in [0.25, 0.3) is 11.1 Å². The van der Waals surface area contributed by atoms with Crippen molar-refractivity contribution in [3.05, 3.63) is 85.9 Å². The molecule has 0 unspecified atom stereocenters. The molecule has 2 N–H and O–H groups in total. The van der Waals surface area contributed by atoms with Crippen molar-refractivity contribution < 1.29 is 0 Å². The van der Waals surface area contributed by atoms with Gasteiger partial charge < -0.3 is 9.97 Å². The van der Waals surface area contributed by atoms with Crippen LogP contribution in [0, 0.1) is 0 Å². The number of hydrogen-bond donors (Lipinski definition) is 2. The van der Waals surface area contributed by atoms with E-state index in [-0.39, 0.29) is 21.8 Å². The summed E-state index contributed by atoms with van der Waals surface area (Å²) in [5.41, 5.74) is -0.613. The van der Waals surface area contributed by atoms with E-state index in [9.17, 15) is 9.59 Å². The summed E-state index contributed by atoms with van der Waals surface area (Å²) in [6.45, 7) is 0. The first kappa shape index (κ1) is 30.5. The van der Waals surface area contributed by atoms with Crippen molar-refractivity contribution in [1.29, 1.82) is 0 Å². The Balaban J connectivity index is 1.31. The molecule has 0 spiro atoms. The van der Waals surface area contributed by atoms with Gasteiger partial charge in [-0.3, -0.25) is 9.59 Å². The molecule has 0 saturated heterocycles. The van der Waals surface area contributed by atoms with Gasteiger partial charge in [-0.25, -0.2) is 0 Å².